The molecule has 0 spiro atoms. The summed E-state index contributed by atoms with van der Waals surface area (Å²) in [7, 11) is 1.60. The van der Waals surface area contributed by atoms with Crippen molar-refractivity contribution >= 4 is 15.9 Å². The van der Waals surface area contributed by atoms with Crippen molar-refractivity contribution in [2.45, 2.75) is 12.8 Å². The first kappa shape index (κ1) is 11.9. The number of hydrogen-bond acceptors (Lipinski definition) is 2. The first-order valence-corrected chi connectivity index (χ1v) is 6.22. The van der Waals surface area contributed by atoms with Gasteiger partial charge in [-0.25, -0.2) is 4.39 Å². The average molecular weight is 288 g/mol. The zero-order chi connectivity index (χ0) is 11.5. The van der Waals surface area contributed by atoms with Gasteiger partial charge in [-0.05, 0) is 65.5 Å². The molecule has 0 amide bonds. The smallest absolute Gasteiger partial charge is 0.140 e. The number of nitrogens with one attached hydrogen (secondary N) is 1. The topological polar surface area (TPSA) is 21.3 Å². The van der Waals surface area contributed by atoms with Crippen LogP contribution in [0, 0.1) is 11.7 Å². The van der Waals surface area contributed by atoms with E-state index in [2.05, 4.69) is 21.2 Å². The Labute approximate surface area is 103 Å². The molecule has 1 aliphatic heterocycles. The van der Waals surface area contributed by atoms with Gasteiger partial charge in [0.1, 0.15) is 11.6 Å². The second kappa shape index (κ2) is 5.15. The molecule has 0 aromatic heterocycles. The third kappa shape index (κ3) is 2.55. The molecule has 1 saturated heterocycles. The lowest BCUT2D eigenvalue weighted by Gasteiger charge is -2.11. The van der Waals surface area contributed by atoms with E-state index in [0.717, 1.165) is 31.5 Å². The molecule has 1 fully saturated rings. The van der Waals surface area contributed by atoms with E-state index in [9.17, 15) is 4.39 Å². The number of methoxy groups -OCH3 is 1. The Bertz CT molecular complexity index is 378. The fraction of sp³-hybridized carbons (Fsp3) is 0.500. The highest BCUT2D eigenvalue weighted by atomic mass is 79.9. The van der Waals surface area contributed by atoms with Crippen molar-refractivity contribution in [1.29, 1.82) is 0 Å². The van der Waals surface area contributed by atoms with E-state index in [0.29, 0.717) is 16.1 Å². The Morgan fingerprint density at radius 2 is 2.38 bits per heavy atom. The third-order valence-electron chi connectivity index (χ3n) is 2.98. The molecule has 0 saturated carbocycles. The summed E-state index contributed by atoms with van der Waals surface area (Å²) in [6.45, 7) is 2.02. The Balaban J connectivity index is 2.20. The molecule has 1 atom stereocenters. The zero-order valence-corrected chi connectivity index (χ0v) is 10.8. The second-order valence-corrected chi connectivity index (χ2v) is 5.00. The summed E-state index contributed by atoms with van der Waals surface area (Å²) in [4.78, 5) is 0. The van der Waals surface area contributed by atoms with Gasteiger partial charge < -0.3 is 10.1 Å². The van der Waals surface area contributed by atoms with E-state index in [-0.39, 0.29) is 5.82 Å². The highest BCUT2D eigenvalue weighted by molar-refractivity contribution is 9.10. The average Bonchev–Trinajstić information content (AvgIpc) is 2.77. The van der Waals surface area contributed by atoms with E-state index in [1.807, 2.05) is 0 Å². The number of benzene rings is 1. The van der Waals surface area contributed by atoms with Gasteiger partial charge in [-0.3, -0.25) is 0 Å². The molecule has 1 aromatic rings. The maximum absolute atomic E-state index is 13.8. The fourth-order valence-corrected chi connectivity index (χ4v) is 2.56. The lowest BCUT2D eigenvalue weighted by molar-refractivity contribution is 0.411. The SMILES string of the molecule is COc1cc(Br)c(F)c(CC2CCNC2)c1. The van der Waals surface area contributed by atoms with Crippen molar-refractivity contribution < 1.29 is 9.13 Å². The molecular formula is C12H15BrFNO. The normalized spacial score (nSPS) is 20.1. The van der Waals surface area contributed by atoms with Crippen molar-refractivity contribution in [1.82, 2.24) is 5.32 Å². The Hall–Kier alpha value is -0.610. The van der Waals surface area contributed by atoms with Gasteiger partial charge in [-0.2, -0.15) is 0 Å². The van der Waals surface area contributed by atoms with Crippen LogP contribution < -0.4 is 10.1 Å². The predicted molar refractivity (Wildman–Crippen MR) is 65.3 cm³/mol. The van der Waals surface area contributed by atoms with Crippen molar-refractivity contribution in [3.05, 3.63) is 28.0 Å². The number of hydrogen-bond donors (Lipinski definition) is 1. The van der Waals surface area contributed by atoms with Crippen molar-refractivity contribution in [3.63, 3.8) is 0 Å². The van der Waals surface area contributed by atoms with E-state index in [1.165, 1.54) is 0 Å². The molecule has 1 aliphatic rings. The molecule has 0 bridgehead atoms. The number of halogens is 2. The lowest BCUT2D eigenvalue weighted by atomic mass is 9.98. The van der Waals surface area contributed by atoms with Gasteiger partial charge in [0.15, 0.2) is 0 Å². The number of ether oxygens (including phenoxy) is 1. The Morgan fingerprint density at radius 1 is 1.56 bits per heavy atom. The van der Waals surface area contributed by atoms with Crippen molar-refractivity contribution in [2.75, 3.05) is 20.2 Å². The summed E-state index contributed by atoms with van der Waals surface area (Å²) >= 11 is 3.22. The molecule has 0 radical (unpaired) electrons. The molecule has 4 heteroatoms. The van der Waals surface area contributed by atoms with Gasteiger partial charge in [-0.15, -0.1) is 0 Å². The summed E-state index contributed by atoms with van der Waals surface area (Å²) in [6, 6.07) is 3.45. The minimum Gasteiger partial charge on any atom is -0.497 e. The summed E-state index contributed by atoms with van der Waals surface area (Å²) in [6.07, 6.45) is 1.89. The van der Waals surface area contributed by atoms with Crippen LogP contribution in [0.15, 0.2) is 16.6 Å². The van der Waals surface area contributed by atoms with Crippen molar-refractivity contribution in [3.8, 4) is 5.75 Å². The highest BCUT2D eigenvalue weighted by Crippen LogP contribution is 2.28. The van der Waals surface area contributed by atoms with E-state index in [1.54, 1.807) is 19.2 Å². The Morgan fingerprint density at radius 3 is 3.00 bits per heavy atom. The monoisotopic (exact) mass is 287 g/mol. The molecule has 1 unspecified atom stereocenters. The molecule has 1 aromatic carbocycles. The quantitative estimate of drug-likeness (QED) is 0.923. The Kier molecular flexibility index (Phi) is 3.82. The van der Waals surface area contributed by atoms with Gasteiger partial charge >= 0.3 is 0 Å². The lowest BCUT2D eigenvalue weighted by Crippen LogP contribution is -2.11. The number of rotatable bonds is 3. The molecule has 2 rings (SSSR count). The van der Waals surface area contributed by atoms with Crippen LogP contribution in [-0.2, 0) is 6.42 Å². The molecule has 2 nitrogen and oxygen atoms in total. The van der Waals surface area contributed by atoms with Gasteiger partial charge in [0.2, 0.25) is 0 Å². The zero-order valence-electron chi connectivity index (χ0n) is 9.22. The largest absolute Gasteiger partial charge is 0.497 e. The van der Waals surface area contributed by atoms with Crippen LogP contribution >= 0.6 is 15.9 Å². The van der Waals surface area contributed by atoms with Gasteiger partial charge in [0.25, 0.3) is 0 Å². The summed E-state index contributed by atoms with van der Waals surface area (Å²) in [5.41, 5.74) is 0.736. The van der Waals surface area contributed by atoms with Crippen LogP contribution in [0.25, 0.3) is 0 Å². The maximum Gasteiger partial charge on any atom is 0.140 e. The highest BCUT2D eigenvalue weighted by Gasteiger charge is 2.18. The molecule has 16 heavy (non-hydrogen) atoms. The van der Waals surface area contributed by atoms with Gasteiger partial charge in [0, 0.05) is 0 Å². The predicted octanol–water partition coefficient (Wildman–Crippen LogP) is 2.75. The van der Waals surface area contributed by atoms with Crippen LogP contribution in [0.2, 0.25) is 0 Å². The standard InChI is InChI=1S/C12H15BrFNO/c1-16-10-5-9(12(14)11(13)6-10)4-8-2-3-15-7-8/h5-6,8,15H,2-4,7H2,1H3. The minimum absolute atomic E-state index is 0.160. The molecule has 88 valence electrons. The summed E-state index contributed by atoms with van der Waals surface area (Å²) in [5.74, 6) is 1.08. The first-order valence-electron chi connectivity index (χ1n) is 5.43. The molecule has 1 heterocycles. The molecule has 1 N–H and O–H groups in total. The molecule has 0 aliphatic carbocycles. The summed E-state index contributed by atoms with van der Waals surface area (Å²) < 4.78 is 19.5. The minimum atomic E-state index is -0.160. The second-order valence-electron chi connectivity index (χ2n) is 4.15. The third-order valence-corrected chi connectivity index (χ3v) is 3.56. The van der Waals surface area contributed by atoms with Gasteiger partial charge in [-0.1, -0.05) is 0 Å². The van der Waals surface area contributed by atoms with Crippen LogP contribution in [0.4, 0.5) is 4.39 Å². The van der Waals surface area contributed by atoms with E-state index in [4.69, 9.17) is 4.74 Å². The van der Waals surface area contributed by atoms with Crippen molar-refractivity contribution in [2.24, 2.45) is 5.92 Å². The van der Waals surface area contributed by atoms with Gasteiger partial charge in [0.05, 0.1) is 11.6 Å². The molecular weight excluding hydrogens is 273 g/mol. The van der Waals surface area contributed by atoms with E-state index >= 15 is 0 Å². The summed E-state index contributed by atoms with van der Waals surface area (Å²) in [5, 5.41) is 3.29. The maximum atomic E-state index is 13.8. The van der Waals surface area contributed by atoms with Crippen LogP contribution in [0.5, 0.6) is 5.75 Å². The van der Waals surface area contributed by atoms with Crippen LogP contribution in [-0.4, -0.2) is 20.2 Å². The fourth-order valence-electron chi connectivity index (χ4n) is 2.08. The van der Waals surface area contributed by atoms with E-state index < -0.39 is 0 Å². The van der Waals surface area contributed by atoms with Crippen LogP contribution in [0.3, 0.4) is 0 Å². The van der Waals surface area contributed by atoms with Crippen LogP contribution in [0.1, 0.15) is 12.0 Å². The first-order chi connectivity index (χ1) is 7.70.